The summed E-state index contributed by atoms with van der Waals surface area (Å²) in [5, 5.41) is 20.7. The van der Waals surface area contributed by atoms with E-state index in [2.05, 4.69) is 0 Å². The Bertz CT molecular complexity index is 607. The van der Waals surface area contributed by atoms with Crippen LogP contribution in [-0.2, 0) is 0 Å². The molecule has 0 saturated carbocycles. The van der Waals surface area contributed by atoms with Gasteiger partial charge in [0.15, 0.2) is 0 Å². The molecule has 20 heavy (non-hydrogen) atoms. The molecule has 104 valence electrons. The second-order valence-electron chi connectivity index (χ2n) is 4.83. The van der Waals surface area contributed by atoms with Crippen LogP contribution in [0.15, 0.2) is 42.5 Å². The van der Waals surface area contributed by atoms with Crippen molar-refractivity contribution in [2.75, 3.05) is 26.7 Å². The highest BCUT2D eigenvalue weighted by molar-refractivity contribution is 5.83. The lowest BCUT2D eigenvalue weighted by Crippen LogP contribution is -2.33. The first kappa shape index (κ1) is 14.3. The summed E-state index contributed by atoms with van der Waals surface area (Å²) in [5.41, 5.74) is 0. The van der Waals surface area contributed by atoms with Crippen LogP contribution in [0.25, 0.3) is 10.8 Å². The number of nitrogens with zero attached hydrogens (tertiary/aromatic N) is 2. The van der Waals surface area contributed by atoms with Gasteiger partial charge < -0.3 is 9.84 Å². The zero-order valence-electron chi connectivity index (χ0n) is 11.5. The smallest absolute Gasteiger partial charge is 0.120 e. The molecule has 1 atom stereocenters. The molecule has 0 bridgehead atoms. The SMILES string of the molecule is CN(CC#N)CC(O)COc1ccc2ccccc2c1. The quantitative estimate of drug-likeness (QED) is 0.816. The molecular formula is C16H18N2O2. The first-order chi connectivity index (χ1) is 9.69. The Kier molecular flexibility index (Phi) is 4.94. The van der Waals surface area contributed by atoms with Crippen LogP contribution in [0.2, 0.25) is 0 Å². The van der Waals surface area contributed by atoms with E-state index in [1.165, 1.54) is 0 Å². The van der Waals surface area contributed by atoms with Gasteiger partial charge in [0.1, 0.15) is 18.5 Å². The largest absolute Gasteiger partial charge is 0.491 e. The number of rotatable bonds is 6. The normalized spacial score (nSPS) is 12.3. The van der Waals surface area contributed by atoms with Gasteiger partial charge in [0, 0.05) is 6.54 Å². The van der Waals surface area contributed by atoms with Gasteiger partial charge in [-0.1, -0.05) is 30.3 Å². The van der Waals surface area contributed by atoms with Gasteiger partial charge in [-0.25, -0.2) is 0 Å². The van der Waals surface area contributed by atoms with E-state index in [1.807, 2.05) is 48.5 Å². The Hall–Kier alpha value is -2.09. The van der Waals surface area contributed by atoms with Crippen LogP contribution < -0.4 is 4.74 Å². The Labute approximate surface area is 118 Å². The second-order valence-corrected chi connectivity index (χ2v) is 4.83. The Balaban J connectivity index is 1.90. The van der Waals surface area contributed by atoms with Crippen LogP contribution in [-0.4, -0.2) is 42.9 Å². The van der Waals surface area contributed by atoms with Crippen molar-refractivity contribution in [3.8, 4) is 11.8 Å². The summed E-state index contributed by atoms with van der Waals surface area (Å²) in [6, 6.07) is 16.0. The number of nitriles is 1. The predicted octanol–water partition coefficient (Wildman–Crippen LogP) is 2.03. The molecule has 2 rings (SSSR count). The fraction of sp³-hybridized carbons (Fsp3) is 0.312. The van der Waals surface area contributed by atoms with Gasteiger partial charge in [0.2, 0.25) is 0 Å². The van der Waals surface area contributed by atoms with Gasteiger partial charge in [-0.3, -0.25) is 4.90 Å². The molecule has 2 aromatic carbocycles. The van der Waals surface area contributed by atoms with Crippen molar-refractivity contribution in [2.24, 2.45) is 0 Å². The molecule has 1 unspecified atom stereocenters. The minimum Gasteiger partial charge on any atom is -0.491 e. The van der Waals surface area contributed by atoms with Crippen molar-refractivity contribution in [2.45, 2.75) is 6.10 Å². The van der Waals surface area contributed by atoms with Crippen molar-refractivity contribution in [3.05, 3.63) is 42.5 Å². The molecule has 0 fully saturated rings. The minimum absolute atomic E-state index is 0.216. The lowest BCUT2D eigenvalue weighted by Gasteiger charge is -2.18. The number of ether oxygens (including phenoxy) is 1. The molecular weight excluding hydrogens is 252 g/mol. The lowest BCUT2D eigenvalue weighted by molar-refractivity contribution is 0.0799. The number of likely N-dealkylation sites (N-methyl/N-ethyl adjacent to an activating group) is 1. The summed E-state index contributed by atoms with van der Waals surface area (Å²) in [6.45, 7) is 0.933. The molecule has 0 spiro atoms. The number of hydrogen-bond acceptors (Lipinski definition) is 4. The molecule has 0 radical (unpaired) electrons. The summed E-state index contributed by atoms with van der Waals surface area (Å²) in [4.78, 5) is 1.76. The minimum atomic E-state index is -0.611. The van der Waals surface area contributed by atoms with Crippen molar-refractivity contribution in [1.29, 1.82) is 5.26 Å². The van der Waals surface area contributed by atoms with Gasteiger partial charge >= 0.3 is 0 Å². The summed E-state index contributed by atoms with van der Waals surface area (Å²) < 4.78 is 5.60. The van der Waals surface area contributed by atoms with Gasteiger partial charge in [0.25, 0.3) is 0 Å². The highest BCUT2D eigenvalue weighted by Crippen LogP contribution is 2.20. The molecule has 0 aromatic heterocycles. The second kappa shape index (κ2) is 6.90. The maximum atomic E-state index is 9.84. The zero-order chi connectivity index (χ0) is 14.4. The standard InChI is InChI=1S/C16H18N2O2/c1-18(9-8-17)11-15(19)12-20-16-7-6-13-4-2-3-5-14(13)10-16/h2-7,10,15,19H,9,11-12H2,1H3. The first-order valence-corrected chi connectivity index (χ1v) is 6.54. The predicted molar refractivity (Wildman–Crippen MR) is 78.6 cm³/mol. The number of aliphatic hydroxyl groups excluding tert-OH is 1. The van der Waals surface area contributed by atoms with E-state index < -0.39 is 6.10 Å². The third-order valence-electron chi connectivity index (χ3n) is 3.03. The third kappa shape index (κ3) is 3.95. The number of hydrogen-bond donors (Lipinski definition) is 1. The summed E-state index contributed by atoms with van der Waals surface area (Å²) in [6.07, 6.45) is -0.611. The fourth-order valence-electron chi connectivity index (χ4n) is 2.05. The molecule has 1 N–H and O–H groups in total. The van der Waals surface area contributed by atoms with Crippen molar-refractivity contribution in [3.63, 3.8) is 0 Å². The molecule has 0 aliphatic rings. The van der Waals surface area contributed by atoms with Gasteiger partial charge in [-0.15, -0.1) is 0 Å². The van der Waals surface area contributed by atoms with E-state index in [0.29, 0.717) is 13.1 Å². The molecule has 4 heteroatoms. The molecule has 2 aromatic rings. The van der Waals surface area contributed by atoms with E-state index in [9.17, 15) is 5.11 Å². The number of aliphatic hydroxyl groups is 1. The topological polar surface area (TPSA) is 56.5 Å². The van der Waals surface area contributed by atoms with Crippen LogP contribution in [0, 0.1) is 11.3 Å². The molecule has 0 aliphatic carbocycles. The highest BCUT2D eigenvalue weighted by Gasteiger charge is 2.09. The fourth-order valence-corrected chi connectivity index (χ4v) is 2.05. The van der Waals surface area contributed by atoms with Crippen LogP contribution in [0.1, 0.15) is 0 Å². The number of benzene rings is 2. The maximum Gasteiger partial charge on any atom is 0.120 e. The summed E-state index contributed by atoms with van der Waals surface area (Å²) >= 11 is 0. The van der Waals surface area contributed by atoms with Gasteiger partial charge in [-0.2, -0.15) is 5.26 Å². The Morgan fingerprint density at radius 3 is 2.75 bits per heavy atom. The molecule has 0 heterocycles. The van der Waals surface area contributed by atoms with E-state index >= 15 is 0 Å². The van der Waals surface area contributed by atoms with Gasteiger partial charge in [-0.05, 0) is 30.0 Å². The Morgan fingerprint density at radius 2 is 2.00 bits per heavy atom. The van der Waals surface area contributed by atoms with Crippen molar-refractivity contribution >= 4 is 10.8 Å². The van der Waals surface area contributed by atoms with Crippen LogP contribution in [0.3, 0.4) is 0 Å². The highest BCUT2D eigenvalue weighted by atomic mass is 16.5. The van der Waals surface area contributed by atoms with E-state index in [1.54, 1.807) is 11.9 Å². The van der Waals surface area contributed by atoms with Crippen molar-refractivity contribution in [1.82, 2.24) is 4.90 Å². The van der Waals surface area contributed by atoms with Gasteiger partial charge in [0.05, 0.1) is 12.6 Å². The summed E-state index contributed by atoms with van der Waals surface area (Å²) in [5.74, 6) is 0.741. The van der Waals surface area contributed by atoms with E-state index in [-0.39, 0.29) is 6.61 Å². The van der Waals surface area contributed by atoms with E-state index in [0.717, 1.165) is 16.5 Å². The zero-order valence-corrected chi connectivity index (χ0v) is 11.5. The average Bonchev–Trinajstić information content (AvgIpc) is 2.45. The van der Waals surface area contributed by atoms with Crippen LogP contribution in [0.5, 0.6) is 5.75 Å². The number of fused-ring (bicyclic) bond motifs is 1. The molecule has 4 nitrogen and oxygen atoms in total. The van der Waals surface area contributed by atoms with Crippen LogP contribution >= 0.6 is 0 Å². The monoisotopic (exact) mass is 270 g/mol. The first-order valence-electron chi connectivity index (χ1n) is 6.54. The van der Waals surface area contributed by atoms with Crippen LogP contribution in [0.4, 0.5) is 0 Å². The third-order valence-corrected chi connectivity index (χ3v) is 3.03. The summed E-state index contributed by atoms with van der Waals surface area (Å²) in [7, 11) is 1.79. The van der Waals surface area contributed by atoms with Crippen molar-refractivity contribution < 1.29 is 9.84 Å². The average molecular weight is 270 g/mol. The Morgan fingerprint density at radius 1 is 1.25 bits per heavy atom. The lowest BCUT2D eigenvalue weighted by atomic mass is 10.1. The molecule has 0 saturated heterocycles. The maximum absolute atomic E-state index is 9.84. The molecule has 0 aliphatic heterocycles. The molecule has 0 amide bonds. The van der Waals surface area contributed by atoms with E-state index in [4.69, 9.17) is 10.00 Å².